The van der Waals surface area contributed by atoms with E-state index in [0.717, 1.165) is 17.7 Å². The molecule has 4 N–H and O–H groups in total. The van der Waals surface area contributed by atoms with Crippen LogP contribution in [0.2, 0.25) is 0 Å². The van der Waals surface area contributed by atoms with Gasteiger partial charge in [0.25, 0.3) is 0 Å². The van der Waals surface area contributed by atoms with Gasteiger partial charge < -0.3 is 11.1 Å². The molecule has 0 aliphatic carbocycles. The zero-order chi connectivity index (χ0) is 20.2. The van der Waals surface area contributed by atoms with Crippen LogP contribution in [0, 0.1) is 16.9 Å². The Labute approximate surface area is 166 Å². The number of guanidine groups is 1. The number of amides is 1. The predicted octanol–water partition coefficient (Wildman–Crippen LogP) is 5.00. The first-order chi connectivity index (χ1) is 13.1. The predicted molar refractivity (Wildman–Crippen MR) is 112 cm³/mol. The molecule has 0 atom stereocenters. The second kappa shape index (κ2) is 19.0. The number of unbranched alkanes of at least 4 members (excludes halogenated alkanes) is 14. The van der Waals surface area contributed by atoms with Gasteiger partial charge >= 0.3 is 0 Å². The normalized spacial score (nSPS) is 10.4. The molecule has 0 radical (unpaired) electrons. The molecular weight excluding hydrogens is 338 g/mol. The summed E-state index contributed by atoms with van der Waals surface area (Å²) in [6.45, 7) is 2.24. The van der Waals surface area contributed by atoms with Crippen molar-refractivity contribution in [3.05, 3.63) is 0 Å². The lowest BCUT2D eigenvalue weighted by atomic mass is 10.0. The van der Waals surface area contributed by atoms with Crippen molar-refractivity contribution in [2.75, 3.05) is 6.67 Å². The summed E-state index contributed by atoms with van der Waals surface area (Å²) in [5, 5.41) is 18.5. The molecule has 0 aromatic carbocycles. The van der Waals surface area contributed by atoms with Crippen LogP contribution in [0.15, 0.2) is 0 Å². The molecule has 0 unspecified atom stereocenters. The molecule has 27 heavy (non-hydrogen) atoms. The van der Waals surface area contributed by atoms with Gasteiger partial charge in [-0.1, -0.05) is 96.8 Å². The molecule has 0 spiro atoms. The van der Waals surface area contributed by atoms with E-state index in [2.05, 4.69) is 12.2 Å². The average molecular weight is 380 g/mol. The fourth-order valence-corrected chi connectivity index (χ4v) is 3.09. The van der Waals surface area contributed by atoms with Gasteiger partial charge in [0.1, 0.15) is 6.67 Å². The van der Waals surface area contributed by atoms with Crippen molar-refractivity contribution in [1.29, 1.82) is 10.7 Å². The van der Waals surface area contributed by atoms with Crippen LogP contribution in [-0.4, -0.2) is 23.4 Å². The number of carbonyl (C=O) groups is 1. The van der Waals surface area contributed by atoms with Gasteiger partial charge in [-0.25, -0.2) is 4.90 Å². The molecule has 0 heterocycles. The van der Waals surface area contributed by atoms with Crippen LogP contribution in [0.1, 0.15) is 110 Å². The lowest BCUT2D eigenvalue weighted by molar-refractivity contribution is -0.121. The van der Waals surface area contributed by atoms with Crippen molar-refractivity contribution < 1.29 is 4.79 Å². The van der Waals surface area contributed by atoms with Crippen LogP contribution in [0.4, 0.5) is 0 Å². The van der Waals surface area contributed by atoms with Gasteiger partial charge in [0, 0.05) is 6.42 Å². The van der Waals surface area contributed by atoms with Crippen LogP contribution in [-0.2, 0) is 4.79 Å². The van der Waals surface area contributed by atoms with Crippen molar-refractivity contribution in [3.8, 4) is 6.19 Å². The molecule has 0 aromatic rings. The summed E-state index contributed by atoms with van der Waals surface area (Å²) < 4.78 is 0. The molecule has 0 rings (SSSR count). The van der Waals surface area contributed by atoms with Crippen molar-refractivity contribution in [2.45, 2.75) is 110 Å². The number of nitrogens with one attached hydrogen (secondary N) is 2. The third kappa shape index (κ3) is 17.4. The monoisotopic (exact) mass is 379 g/mol. The minimum Gasteiger partial charge on any atom is -0.369 e. The molecule has 6 nitrogen and oxygen atoms in total. The van der Waals surface area contributed by atoms with Crippen LogP contribution >= 0.6 is 0 Å². The number of carbonyl (C=O) groups excluding carboxylic acids is 1. The topological polar surface area (TPSA) is 106 Å². The van der Waals surface area contributed by atoms with Gasteiger partial charge in [0.2, 0.25) is 11.9 Å². The molecule has 0 fully saturated rings. The zero-order valence-electron chi connectivity index (χ0n) is 17.4. The van der Waals surface area contributed by atoms with E-state index < -0.39 is 0 Å². The summed E-state index contributed by atoms with van der Waals surface area (Å²) in [6.07, 6.45) is 21.8. The third-order valence-corrected chi connectivity index (χ3v) is 4.85. The number of nitriles is 1. The third-order valence-electron chi connectivity index (χ3n) is 4.85. The van der Waals surface area contributed by atoms with E-state index in [1.165, 1.54) is 83.5 Å². The second-order valence-corrected chi connectivity index (χ2v) is 7.37. The molecule has 0 aliphatic heterocycles. The zero-order valence-corrected chi connectivity index (χ0v) is 17.4. The highest BCUT2D eigenvalue weighted by atomic mass is 16.1. The summed E-state index contributed by atoms with van der Waals surface area (Å²) in [5.41, 5.74) is 5.20. The van der Waals surface area contributed by atoms with Crippen LogP contribution in [0.25, 0.3) is 0 Å². The van der Waals surface area contributed by atoms with Gasteiger partial charge in [-0.05, 0) is 6.42 Å². The van der Waals surface area contributed by atoms with E-state index in [4.69, 9.17) is 16.4 Å². The first-order valence-electron chi connectivity index (χ1n) is 10.9. The Morgan fingerprint density at radius 1 is 0.889 bits per heavy atom. The molecule has 0 aromatic heterocycles. The lowest BCUT2D eigenvalue weighted by Crippen LogP contribution is -2.41. The molecule has 1 amide bonds. The van der Waals surface area contributed by atoms with Gasteiger partial charge in [-0.2, -0.15) is 5.26 Å². The van der Waals surface area contributed by atoms with E-state index >= 15 is 0 Å². The smallest absolute Gasteiger partial charge is 0.221 e. The number of hydrogen-bond donors (Lipinski definition) is 3. The molecule has 0 bridgehead atoms. The second-order valence-electron chi connectivity index (χ2n) is 7.37. The largest absolute Gasteiger partial charge is 0.369 e. The molecule has 0 saturated heterocycles. The van der Waals surface area contributed by atoms with E-state index in [-0.39, 0.29) is 18.5 Å². The maximum Gasteiger partial charge on any atom is 0.221 e. The summed E-state index contributed by atoms with van der Waals surface area (Å²) in [7, 11) is 0. The molecule has 156 valence electrons. The van der Waals surface area contributed by atoms with Gasteiger partial charge in [-0.15, -0.1) is 0 Å². The highest BCUT2D eigenvalue weighted by Gasteiger charge is 2.07. The van der Waals surface area contributed by atoms with E-state index in [0.29, 0.717) is 6.42 Å². The maximum absolute atomic E-state index is 11.7. The molecule has 0 saturated carbocycles. The quantitative estimate of drug-likeness (QED) is 0.0778. The Hall–Kier alpha value is -1.77. The summed E-state index contributed by atoms with van der Waals surface area (Å²) >= 11 is 0. The Balaban J connectivity index is 3.28. The summed E-state index contributed by atoms with van der Waals surface area (Å²) in [5.74, 6) is -0.448. The van der Waals surface area contributed by atoms with E-state index in [1.807, 2.05) is 0 Å². The highest BCUT2D eigenvalue weighted by molar-refractivity contribution is 5.78. The Morgan fingerprint density at radius 3 is 1.67 bits per heavy atom. The number of hydrogen-bond acceptors (Lipinski definition) is 3. The van der Waals surface area contributed by atoms with E-state index in [9.17, 15) is 4.79 Å². The minimum atomic E-state index is -0.357. The molecule has 6 heteroatoms. The first kappa shape index (κ1) is 25.2. The molecule has 0 aliphatic rings. The first-order valence-corrected chi connectivity index (χ1v) is 10.9. The average Bonchev–Trinajstić information content (AvgIpc) is 2.65. The van der Waals surface area contributed by atoms with Crippen molar-refractivity contribution >= 4 is 11.9 Å². The fraction of sp³-hybridized carbons (Fsp3) is 0.857. The van der Waals surface area contributed by atoms with Crippen LogP contribution in [0.5, 0.6) is 0 Å². The van der Waals surface area contributed by atoms with Crippen molar-refractivity contribution in [3.63, 3.8) is 0 Å². The van der Waals surface area contributed by atoms with Gasteiger partial charge in [-0.3, -0.25) is 10.2 Å². The minimum absolute atomic E-state index is 0.0244. The highest BCUT2D eigenvalue weighted by Crippen LogP contribution is 2.13. The Bertz CT molecular complexity index is 419. The van der Waals surface area contributed by atoms with Gasteiger partial charge in [0.15, 0.2) is 6.19 Å². The number of nitrogens with zero attached hydrogens (tertiary/aromatic N) is 2. The summed E-state index contributed by atoms with van der Waals surface area (Å²) in [6, 6.07) is 0. The number of nitrogens with two attached hydrogens (primary N) is 1. The number of rotatable bonds is 18. The van der Waals surface area contributed by atoms with Crippen LogP contribution in [0.3, 0.4) is 0 Å². The van der Waals surface area contributed by atoms with Crippen molar-refractivity contribution in [2.24, 2.45) is 5.73 Å². The fourth-order valence-electron chi connectivity index (χ4n) is 3.09. The lowest BCUT2D eigenvalue weighted by Gasteiger charge is -2.13. The van der Waals surface area contributed by atoms with E-state index in [1.54, 1.807) is 6.19 Å². The van der Waals surface area contributed by atoms with Crippen molar-refractivity contribution in [1.82, 2.24) is 10.2 Å². The SMILES string of the molecule is CCCCCCCCCCCCCCCCCC(=O)NCN(C#N)C(=N)N. The summed E-state index contributed by atoms with van der Waals surface area (Å²) in [4.78, 5) is 12.6. The van der Waals surface area contributed by atoms with Crippen LogP contribution < -0.4 is 11.1 Å². The Kier molecular flexibility index (Phi) is 17.8. The maximum atomic E-state index is 11.7. The standard InChI is InChI=1S/C21H41N5O/c1-2-3-4-5-6-7-8-9-10-11-12-13-14-15-16-17-20(27)25-19-26(18-22)21(23)24/h2-17,19H2,1H3,(H3,23,24)(H,25,27). The molecular formula is C21H41N5O. The Morgan fingerprint density at radius 2 is 1.30 bits per heavy atom. The van der Waals surface area contributed by atoms with Gasteiger partial charge in [0.05, 0.1) is 0 Å².